The Kier molecular flexibility index (Phi) is 4.83. The average molecular weight is 355 g/mol. The standard InChI is InChI=1S/C21H25NO4/c1-2-24-18-10-9-15-7-3-4-8-17(15)19(18)20(23)22-13-16-14-25-21(26-16)11-5-6-12-21/h3-4,7-10,16H,2,5-6,11-14H2,1H3,(H,22,23)/t16-/m0/s1. The van der Waals surface area contributed by atoms with Crippen LogP contribution in [0.1, 0.15) is 43.0 Å². The lowest BCUT2D eigenvalue weighted by molar-refractivity contribution is -0.161. The second-order valence-electron chi connectivity index (χ2n) is 6.97. The van der Waals surface area contributed by atoms with E-state index in [1.165, 1.54) is 0 Å². The molecule has 1 atom stereocenters. The van der Waals surface area contributed by atoms with Crippen LogP contribution in [-0.4, -0.2) is 37.6 Å². The molecule has 4 rings (SSSR count). The van der Waals surface area contributed by atoms with Crippen molar-refractivity contribution in [1.82, 2.24) is 5.32 Å². The van der Waals surface area contributed by atoms with E-state index in [9.17, 15) is 4.79 Å². The van der Waals surface area contributed by atoms with Crippen LogP contribution >= 0.6 is 0 Å². The molecule has 138 valence electrons. The Balaban J connectivity index is 1.50. The van der Waals surface area contributed by atoms with Crippen molar-refractivity contribution < 1.29 is 19.0 Å². The van der Waals surface area contributed by atoms with Gasteiger partial charge in [-0.25, -0.2) is 0 Å². The number of ether oxygens (including phenoxy) is 3. The highest BCUT2D eigenvalue weighted by atomic mass is 16.7. The first-order valence-electron chi connectivity index (χ1n) is 9.45. The Labute approximate surface area is 153 Å². The zero-order chi connectivity index (χ0) is 18.0. The minimum absolute atomic E-state index is 0.0948. The molecule has 0 radical (unpaired) electrons. The van der Waals surface area contributed by atoms with Crippen LogP contribution in [0.15, 0.2) is 36.4 Å². The predicted octanol–water partition coefficient (Wildman–Crippen LogP) is 3.65. The minimum Gasteiger partial charge on any atom is -0.493 e. The number of carbonyl (C=O) groups is 1. The highest BCUT2D eigenvalue weighted by molar-refractivity contribution is 6.09. The number of amides is 1. The van der Waals surface area contributed by atoms with E-state index in [2.05, 4.69) is 5.32 Å². The third-order valence-electron chi connectivity index (χ3n) is 5.19. The van der Waals surface area contributed by atoms with Gasteiger partial charge >= 0.3 is 0 Å². The number of hydrogen-bond acceptors (Lipinski definition) is 4. The fourth-order valence-corrected chi connectivity index (χ4v) is 3.95. The molecule has 2 aromatic rings. The first-order valence-corrected chi connectivity index (χ1v) is 9.45. The molecule has 1 saturated heterocycles. The van der Waals surface area contributed by atoms with Crippen LogP contribution in [0, 0.1) is 0 Å². The summed E-state index contributed by atoms with van der Waals surface area (Å²) in [5.41, 5.74) is 0.583. The summed E-state index contributed by atoms with van der Waals surface area (Å²) in [6.07, 6.45) is 4.10. The molecule has 1 amide bonds. The van der Waals surface area contributed by atoms with Crippen LogP contribution in [-0.2, 0) is 9.47 Å². The van der Waals surface area contributed by atoms with Gasteiger partial charge in [-0.1, -0.05) is 30.3 Å². The molecule has 2 aliphatic rings. The van der Waals surface area contributed by atoms with Crippen molar-refractivity contribution in [3.05, 3.63) is 42.0 Å². The maximum atomic E-state index is 12.9. The van der Waals surface area contributed by atoms with E-state index in [1.54, 1.807) is 0 Å². The third kappa shape index (κ3) is 3.29. The number of rotatable bonds is 5. The molecular formula is C21H25NO4. The zero-order valence-corrected chi connectivity index (χ0v) is 15.1. The molecule has 1 spiro atoms. The molecule has 2 aromatic carbocycles. The maximum absolute atomic E-state index is 12.9. The van der Waals surface area contributed by atoms with E-state index in [4.69, 9.17) is 14.2 Å². The number of nitrogens with one attached hydrogen (secondary N) is 1. The molecule has 0 unspecified atom stereocenters. The van der Waals surface area contributed by atoms with Crippen molar-refractivity contribution >= 4 is 16.7 Å². The topological polar surface area (TPSA) is 56.8 Å². The van der Waals surface area contributed by atoms with Crippen LogP contribution < -0.4 is 10.1 Å². The summed E-state index contributed by atoms with van der Waals surface area (Å²) < 4.78 is 17.7. The van der Waals surface area contributed by atoms with Crippen LogP contribution in [0.3, 0.4) is 0 Å². The van der Waals surface area contributed by atoms with Crippen LogP contribution in [0.5, 0.6) is 5.75 Å². The fourth-order valence-electron chi connectivity index (χ4n) is 3.95. The van der Waals surface area contributed by atoms with E-state index < -0.39 is 5.79 Å². The molecule has 1 saturated carbocycles. The van der Waals surface area contributed by atoms with Crippen molar-refractivity contribution in [1.29, 1.82) is 0 Å². The normalized spacial score (nSPS) is 21.3. The Hall–Kier alpha value is -2.11. The van der Waals surface area contributed by atoms with Gasteiger partial charge in [-0.05, 0) is 36.6 Å². The van der Waals surface area contributed by atoms with E-state index in [-0.39, 0.29) is 12.0 Å². The second-order valence-corrected chi connectivity index (χ2v) is 6.97. The van der Waals surface area contributed by atoms with Gasteiger partial charge in [-0.2, -0.15) is 0 Å². The number of carbonyl (C=O) groups excluding carboxylic acids is 1. The smallest absolute Gasteiger partial charge is 0.255 e. The van der Waals surface area contributed by atoms with Gasteiger partial charge in [-0.15, -0.1) is 0 Å². The summed E-state index contributed by atoms with van der Waals surface area (Å²) in [6.45, 7) is 3.41. The van der Waals surface area contributed by atoms with Gasteiger partial charge in [0.25, 0.3) is 5.91 Å². The molecule has 1 aliphatic carbocycles. The van der Waals surface area contributed by atoms with Gasteiger partial charge in [0.15, 0.2) is 5.79 Å². The lowest BCUT2D eigenvalue weighted by atomic mass is 10.0. The molecule has 1 N–H and O–H groups in total. The van der Waals surface area contributed by atoms with Gasteiger partial charge in [0, 0.05) is 19.4 Å². The Bertz CT molecular complexity index is 798. The average Bonchev–Trinajstić information content (AvgIpc) is 3.29. The molecule has 1 heterocycles. The van der Waals surface area contributed by atoms with Crippen molar-refractivity contribution in [2.75, 3.05) is 19.8 Å². The van der Waals surface area contributed by atoms with Gasteiger partial charge in [0.2, 0.25) is 0 Å². The first kappa shape index (κ1) is 17.3. The lowest BCUT2D eigenvalue weighted by Gasteiger charge is -2.22. The molecule has 0 bridgehead atoms. The SMILES string of the molecule is CCOc1ccc2ccccc2c1C(=O)NC[C@H]1COC2(CCCC2)O1. The second kappa shape index (κ2) is 7.25. The number of benzene rings is 2. The number of hydrogen-bond donors (Lipinski definition) is 1. The summed E-state index contributed by atoms with van der Waals surface area (Å²) in [5.74, 6) is 0.0754. The van der Waals surface area contributed by atoms with Crippen molar-refractivity contribution in [2.45, 2.75) is 44.5 Å². The van der Waals surface area contributed by atoms with Crippen molar-refractivity contribution in [3.63, 3.8) is 0 Å². The maximum Gasteiger partial charge on any atom is 0.255 e. The Morgan fingerprint density at radius 3 is 2.85 bits per heavy atom. The van der Waals surface area contributed by atoms with E-state index in [0.29, 0.717) is 31.1 Å². The highest BCUT2D eigenvalue weighted by Gasteiger charge is 2.43. The van der Waals surface area contributed by atoms with E-state index in [1.807, 2.05) is 43.3 Å². The quantitative estimate of drug-likeness (QED) is 0.889. The lowest BCUT2D eigenvalue weighted by Crippen LogP contribution is -2.35. The van der Waals surface area contributed by atoms with Crippen LogP contribution in [0.2, 0.25) is 0 Å². The molecule has 5 heteroatoms. The first-order chi connectivity index (χ1) is 12.7. The summed E-state index contributed by atoms with van der Waals surface area (Å²) >= 11 is 0. The van der Waals surface area contributed by atoms with E-state index >= 15 is 0 Å². The highest BCUT2D eigenvalue weighted by Crippen LogP contribution is 2.39. The van der Waals surface area contributed by atoms with E-state index in [0.717, 1.165) is 36.5 Å². The summed E-state index contributed by atoms with van der Waals surface area (Å²) in [5, 5.41) is 4.93. The summed E-state index contributed by atoms with van der Waals surface area (Å²) in [6, 6.07) is 11.7. The van der Waals surface area contributed by atoms with Crippen LogP contribution in [0.4, 0.5) is 0 Å². The Morgan fingerprint density at radius 2 is 2.04 bits per heavy atom. The molecule has 26 heavy (non-hydrogen) atoms. The van der Waals surface area contributed by atoms with Gasteiger partial charge in [0.1, 0.15) is 11.9 Å². The van der Waals surface area contributed by atoms with Gasteiger partial charge in [0.05, 0.1) is 18.8 Å². The fraction of sp³-hybridized carbons (Fsp3) is 0.476. The van der Waals surface area contributed by atoms with Crippen LogP contribution in [0.25, 0.3) is 10.8 Å². The summed E-state index contributed by atoms with van der Waals surface area (Å²) in [7, 11) is 0. The molecule has 2 fully saturated rings. The largest absolute Gasteiger partial charge is 0.493 e. The number of fused-ring (bicyclic) bond motifs is 1. The monoisotopic (exact) mass is 355 g/mol. The van der Waals surface area contributed by atoms with Crippen molar-refractivity contribution in [2.24, 2.45) is 0 Å². The molecule has 5 nitrogen and oxygen atoms in total. The minimum atomic E-state index is -0.397. The molecule has 0 aromatic heterocycles. The zero-order valence-electron chi connectivity index (χ0n) is 15.1. The third-order valence-corrected chi connectivity index (χ3v) is 5.19. The predicted molar refractivity (Wildman–Crippen MR) is 99.5 cm³/mol. The Morgan fingerprint density at radius 1 is 1.23 bits per heavy atom. The van der Waals surface area contributed by atoms with Gasteiger partial charge < -0.3 is 19.5 Å². The van der Waals surface area contributed by atoms with Crippen molar-refractivity contribution in [3.8, 4) is 5.75 Å². The summed E-state index contributed by atoms with van der Waals surface area (Å²) in [4.78, 5) is 12.9. The molecule has 1 aliphatic heterocycles. The van der Waals surface area contributed by atoms with Gasteiger partial charge in [-0.3, -0.25) is 4.79 Å². The molecular weight excluding hydrogens is 330 g/mol.